The van der Waals surface area contributed by atoms with Crippen molar-refractivity contribution >= 4 is 6.34 Å². The predicted molar refractivity (Wildman–Crippen MR) is 37.4 cm³/mol. The summed E-state index contributed by atoms with van der Waals surface area (Å²) >= 11 is 0. The summed E-state index contributed by atoms with van der Waals surface area (Å²) in [7, 11) is 0. The first kappa shape index (κ1) is 6.13. The minimum atomic E-state index is 0.832. The minimum absolute atomic E-state index is 0.832. The molecule has 0 amide bonds. The van der Waals surface area contributed by atoms with E-state index in [1.165, 1.54) is 0 Å². The van der Waals surface area contributed by atoms with Crippen molar-refractivity contribution in [1.82, 2.24) is 10.7 Å². The summed E-state index contributed by atoms with van der Waals surface area (Å²) < 4.78 is 2.02. The van der Waals surface area contributed by atoms with E-state index in [0.29, 0.717) is 0 Å². The summed E-state index contributed by atoms with van der Waals surface area (Å²) in [6.45, 7) is 6.50. The second-order valence-electron chi connectivity index (χ2n) is 1.93. The normalized spacial score (nSPS) is 16.2. The smallest absolute Gasteiger partial charge is 0.255 e. The van der Waals surface area contributed by atoms with Crippen molar-refractivity contribution in [2.75, 3.05) is 19.6 Å². The molecule has 50 valence electrons. The predicted octanol–water partition coefficient (Wildman–Crippen LogP) is -0.679. The summed E-state index contributed by atoms with van der Waals surface area (Å²) in [6.07, 6.45) is 3.77. The largest absolute Gasteiger partial charge is 0.275 e. The zero-order valence-corrected chi connectivity index (χ0v) is 5.43. The summed E-state index contributed by atoms with van der Waals surface area (Å²) in [6, 6.07) is 0. The zero-order chi connectivity index (χ0) is 6.53. The van der Waals surface area contributed by atoms with E-state index in [2.05, 4.69) is 17.3 Å². The summed E-state index contributed by atoms with van der Waals surface area (Å²) in [5.74, 6) is 0. The second kappa shape index (κ2) is 3.12. The second-order valence-corrected chi connectivity index (χ2v) is 1.93. The molecule has 3 heteroatoms. The van der Waals surface area contributed by atoms with E-state index in [1.807, 2.05) is 17.1 Å². The molecule has 0 aliphatic carbocycles. The number of hydrazone groups is 1. The molecule has 1 aliphatic heterocycles. The van der Waals surface area contributed by atoms with Crippen LogP contribution in [0, 0.1) is 0 Å². The molecular formula is C6H12N3+. The molecule has 1 aliphatic rings. The van der Waals surface area contributed by atoms with Crippen molar-refractivity contribution in [2.24, 2.45) is 0 Å². The Hall–Kier alpha value is -0.990. The fourth-order valence-electron chi connectivity index (χ4n) is 0.731. The monoisotopic (exact) mass is 126 g/mol. The maximum absolute atomic E-state index is 3.60. The van der Waals surface area contributed by atoms with Crippen LogP contribution >= 0.6 is 0 Å². The van der Waals surface area contributed by atoms with Crippen molar-refractivity contribution < 1.29 is 4.68 Å². The van der Waals surface area contributed by atoms with Gasteiger partial charge in [0.25, 0.3) is 6.34 Å². The lowest BCUT2D eigenvalue weighted by molar-refractivity contribution is -0.573. The van der Waals surface area contributed by atoms with Crippen LogP contribution in [0.4, 0.5) is 0 Å². The number of hydrogen-bond donors (Lipinski definition) is 2. The molecule has 1 heterocycles. The third-order valence-electron chi connectivity index (χ3n) is 1.18. The minimum Gasteiger partial charge on any atom is -0.275 e. The highest BCUT2D eigenvalue weighted by atomic mass is 15.5. The first-order chi connectivity index (χ1) is 4.43. The number of hydrogen-bond acceptors (Lipinski definition) is 2. The van der Waals surface area contributed by atoms with Crippen LogP contribution in [0.1, 0.15) is 0 Å². The molecule has 0 spiro atoms. The lowest BCUT2D eigenvalue weighted by atomic mass is 10.6. The van der Waals surface area contributed by atoms with Crippen LogP contribution in [0.25, 0.3) is 0 Å². The Labute approximate surface area is 55.0 Å². The van der Waals surface area contributed by atoms with Gasteiger partial charge in [-0.05, 0) is 0 Å². The first-order valence-electron chi connectivity index (χ1n) is 3.11. The van der Waals surface area contributed by atoms with Gasteiger partial charge in [0.1, 0.15) is 13.1 Å². The average molecular weight is 126 g/mol. The van der Waals surface area contributed by atoms with Gasteiger partial charge in [0.15, 0.2) is 0 Å². The summed E-state index contributed by atoms with van der Waals surface area (Å²) in [4.78, 5) is 0. The molecule has 0 aromatic heterocycles. The topological polar surface area (TPSA) is 27.1 Å². The highest BCUT2D eigenvalue weighted by Gasteiger charge is 2.05. The maximum Gasteiger partial charge on any atom is 0.255 e. The molecule has 0 saturated heterocycles. The third-order valence-corrected chi connectivity index (χ3v) is 1.18. The molecule has 0 bridgehead atoms. The average Bonchev–Trinajstić information content (AvgIpc) is 2.34. The molecule has 0 fully saturated rings. The Morgan fingerprint density at radius 3 is 3.33 bits per heavy atom. The van der Waals surface area contributed by atoms with Gasteiger partial charge in [0, 0.05) is 0 Å². The van der Waals surface area contributed by atoms with Crippen LogP contribution in [0.3, 0.4) is 0 Å². The van der Waals surface area contributed by atoms with Gasteiger partial charge >= 0.3 is 0 Å². The molecule has 2 N–H and O–H groups in total. The third kappa shape index (κ3) is 1.76. The van der Waals surface area contributed by atoms with Crippen molar-refractivity contribution in [2.45, 2.75) is 0 Å². The van der Waals surface area contributed by atoms with E-state index < -0.39 is 0 Å². The highest BCUT2D eigenvalue weighted by Crippen LogP contribution is 1.72. The molecule has 0 unspecified atom stereocenters. The van der Waals surface area contributed by atoms with Gasteiger partial charge in [-0.1, -0.05) is 6.08 Å². The van der Waals surface area contributed by atoms with Crippen LogP contribution in [0.2, 0.25) is 0 Å². The van der Waals surface area contributed by atoms with Gasteiger partial charge in [0.05, 0.1) is 6.54 Å². The summed E-state index contributed by atoms with van der Waals surface area (Å²) in [5.41, 5.74) is 3.13. The lowest BCUT2D eigenvalue weighted by Crippen LogP contribution is -2.28. The Balaban J connectivity index is 2.18. The lowest BCUT2D eigenvalue weighted by Gasteiger charge is -1.98. The van der Waals surface area contributed by atoms with Gasteiger partial charge in [-0.3, -0.25) is 10.7 Å². The number of rotatable bonds is 3. The number of nitrogens with zero attached hydrogens (tertiary/aromatic N) is 1. The van der Waals surface area contributed by atoms with Crippen LogP contribution in [0.15, 0.2) is 12.7 Å². The van der Waals surface area contributed by atoms with Gasteiger partial charge < -0.3 is 0 Å². The highest BCUT2D eigenvalue weighted by molar-refractivity contribution is 5.48. The molecule has 9 heavy (non-hydrogen) atoms. The van der Waals surface area contributed by atoms with Crippen LogP contribution in [-0.2, 0) is 0 Å². The molecule has 0 aromatic carbocycles. The molecule has 0 aromatic rings. The molecule has 0 radical (unpaired) electrons. The van der Waals surface area contributed by atoms with E-state index in [0.717, 1.165) is 19.6 Å². The van der Waals surface area contributed by atoms with Crippen molar-refractivity contribution in [3.05, 3.63) is 12.7 Å². The zero-order valence-electron chi connectivity index (χ0n) is 5.43. The fourth-order valence-corrected chi connectivity index (χ4v) is 0.731. The number of nitrogens with one attached hydrogen (secondary N) is 2. The quantitative estimate of drug-likeness (QED) is 0.387. The molecule has 0 saturated carbocycles. The van der Waals surface area contributed by atoms with E-state index in [1.54, 1.807) is 0 Å². The summed E-state index contributed by atoms with van der Waals surface area (Å²) in [5, 5.41) is 3.09. The fraction of sp³-hybridized carbons (Fsp3) is 0.500. The van der Waals surface area contributed by atoms with E-state index in [4.69, 9.17) is 0 Å². The Morgan fingerprint density at radius 2 is 2.78 bits per heavy atom. The van der Waals surface area contributed by atoms with Crippen LogP contribution in [-0.4, -0.2) is 30.7 Å². The van der Waals surface area contributed by atoms with Crippen molar-refractivity contribution in [1.29, 1.82) is 0 Å². The van der Waals surface area contributed by atoms with Crippen molar-refractivity contribution in [3.63, 3.8) is 0 Å². The van der Waals surface area contributed by atoms with E-state index in [-0.39, 0.29) is 0 Å². The van der Waals surface area contributed by atoms with E-state index in [9.17, 15) is 0 Å². The molecular weight excluding hydrogens is 114 g/mol. The SMILES string of the molecule is C=CCN[N+]1=CNCC1. The van der Waals surface area contributed by atoms with Crippen LogP contribution < -0.4 is 10.7 Å². The molecule has 1 rings (SSSR count). The van der Waals surface area contributed by atoms with Gasteiger partial charge in [-0.25, -0.2) is 0 Å². The van der Waals surface area contributed by atoms with Crippen molar-refractivity contribution in [3.8, 4) is 0 Å². The van der Waals surface area contributed by atoms with E-state index >= 15 is 0 Å². The maximum atomic E-state index is 3.60. The van der Waals surface area contributed by atoms with Crippen LogP contribution in [0.5, 0.6) is 0 Å². The van der Waals surface area contributed by atoms with Gasteiger partial charge in [0.2, 0.25) is 0 Å². The Morgan fingerprint density at radius 1 is 1.89 bits per heavy atom. The van der Waals surface area contributed by atoms with Gasteiger partial charge in [-0.15, -0.1) is 6.58 Å². The standard InChI is InChI=1S/C6H11N3/c1-2-3-8-9-5-4-7-6-9/h2,6,8H,1,3-5H2/p+1. The van der Waals surface area contributed by atoms with Gasteiger partial charge in [-0.2, -0.15) is 4.68 Å². The molecule has 0 atom stereocenters. The Kier molecular flexibility index (Phi) is 2.13. The Bertz CT molecular complexity index is 128. The first-order valence-corrected chi connectivity index (χ1v) is 3.11. The molecule has 3 nitrogen and oxygen atoms in total. The number of hydrazine groups is 1.